The Labute approximate surface area is 139 Å². The summed E-state index contributed by atoms with van der Waals surface area (Å²) < 4.78 is 5.48. The van der Waals surface area contributed by atoms with Gasteiger partial charge in [0.15, 0.2) is 0 Å². The molecule has 23 heavy (non-hydrogen) atoms. The van der Waals surface area contributed by atoms with E-state index in [1.807, 2.05) is 12.1 Å². The van der Waals surface area contributed by atoms with Gasteiger partial charge in [-0.1, -0.05) is 56.3 Å². The molecule has 2 rings (SSSR count). The standard InChI is InChI=1S/C21H25NO/c1-16(2)18-12-13-21(23-3)20(14-18)19(15-22)11-7-10-17-8-5-4-6-9-17/h4-6,8-9,12-14,16,19H,7,10-11H2,1-3H3. The number of hydrogen-bond acceptors (Lipinski definition) is 2. The van der Waals surface area contributed by atoms with E-state index in [0.29, 0.717) is 5.92 Å². The highest BCUT2D eigenvalue weighted by Crippen LogP contribution is 2.32. The average molecular weight is 307 g/mol. The van der Waals surface area contributed by atoms with Crippen molar-refractivity contribution in [2.45, 2.75) is 44.9 Å². The van der Waals surface area contributed by atoms with Gasteiger partial charge >= 0.3 is 0 Å². The van der Waals surface area contributed by atoms with Gasteiger partial charge in [-0.3, -0.25) is 0 Å². The Morgan fingerprint density at radius 2 is 1.83 bits per heavy atom. The molecule has 0 amide bonds. The molecule has 0 bridgehead atoms. The highest BCUT2D eigenvalue weighted by molar-refractivity contribution is 5.43. The lowest BCUT2D eigenvalue weighted by Gasteiger charge is -2.16. The van der Waals surface area contributed by atoms with Crippen LogP contribution < -0.4 is 4.74 Å². The lowest BCUT2D eigenvalue weighted by molar-refractivity contribution is 0.406. The molecule has 0 aliphatic heterocycles. The molecule has 0 spiro atoms. The second-order valence-electron chi connectivity index (χ2n) is 6.22. The van der Waals surface area contributed by atoms with E-state index < -0.39 is 0 Å². The van der Waals surface area contributed by atoms with Crippen LogP contribution in [0.5, 0.6) is 5.75 Å². The molecule has 0 heterocycles. The molecule has 0 N–H and O–H groups in total. The van der Waals surface area contributed by atoms with Crippen LogP contribution in [0.25, 0.3) is 0 Å². The Balaban J connectivity index is 2.10. The molecule has 1 unspecified atom stereocenters. The molecule has 0 fully saturated rings. The van der Waals surface area contributed by atoms with Crippen molar-refractivity contribution >= 4 is 0 Å². The largest absolute Gasteiger partial charge is 0.496 e. The fourth-order valence-corrected chi connectivity index (χ4v) is 2.83. The minimum atomic E-state index is -0.118. The van der Waals surface area contributed by atoms with E-state index in [0.717, 1.165) is 30.6 Å². The molecule has 1 atom stereocenters. The van der Waals surface area contributed by atoms with Gasteiger partial charge in [0.05, 0.1) is 19.1 Å². The van der Waals surface area contributed by atoms with E-state index in [2.05, 4.69) is 56.3 Å². The molecular formula is C21H25NO. The third-order valence-electron chi connectivity index (χ3n) is 4.25. The van der Waals surface area contributed by atoms with Gasteiger partial charge in [0.2, 0.25) is 0 Å². The Morgan fingerprint density at radius 1 is 1.09 bits per heavy atom. The lowest BCUT2D eigenvalue weighted by atomic mass is 9.90. The predicted molar refractivity (Wildman–Crippen MR) is 94.8 cm³/mol. The van der Waals surface area contributed by atoms with Gasteiger partial charge in [0.1, 0.15) is 5.75 Å². The summed E-state index contributed by atoms with van der Waals surface area (Å²) >= 11 is 0. The summed E-state index contributed by atoms with van der Waals surface area (Å²) in [5.74, 6) is 1.15. The molecule has 2 nitrogen and oxygen atoms in total. The van der Waals surface area contributed by atoms with Gasteiger partial charge in [0.25, 0.3) is 0 Å². The quantitative estimate of drug-likeness (QED) is 0.681. The van der Waals surface area contributed by atoms with E-state index >= 15 is 0 Å². The summed E-state index contributed by atoms with van der Waals surface area (Å²) in [5, 5.41) is 9.62. The van der Waals surface area contributed by atoms with E-state index in [9.17, 15) is 5.26 Å². The Hall–Kier alpha value is -2.27. The number of nitriles is 1. The van der Waals surface area contributed by atoms with E-state index in [1.165, 1.54) is 11.1 Å². The van der Waals surface area contributed by atoms with E-state index in [-0.39, 0.29) is 5.92 Å². The van der Waals surface area contributed by atoms with Crippen molar-refractivity contribution in [3.05, 3.63) is 65.2 Å². The summed E-state index contributed by atoms with van der Waals surface area (Å²) in [7, 11) is 1.67. The number of rotatable bonds is 7. The van der Waals surface area contributed by atoms with Crippen molar-refractivity contribution in [2.24, 2.45) is 0 Å². The third-order valence-corrected chi connectivity index (χ3v) is 4.25. The second-order valence-corrected chi connectivity index (χ2v) is 6.22. The maximum Gasteiger partial charge on any atom is 0.123 e. The Bertz CT molecular complexity index is 655. The smallest absolute Gasteiger partial charge is 0.123 e. The van der Waals surface area contributed by atoms with Crippen LogP contribution in [0.4, 0.5) is 0 Å². The zero-order valence-electron chi connectivity index (χ0n) is 14.3. The Kier molecular flexibility index (Phi) is 6.23. The van der Waals surface area contributed by atoms with Crippen LogP contribution in [0.3, 0.4) is 0 Å². The van der Waals surface area contributed by atoms with Crippen LogP contribution in [-0.4, -0.2) is 7.11 Å². The van der Waals surface area contributed by atoms with Gasteiger partial charge < -0.3 is 4.74 Å². The minimum absolute atomic E-state index is 0.118. The number of hydrogen-bond donors (Lipinski definition) is 0. The molecule has 2 heteroatoms. The van der Waals surface area contributed by atoms with Crippen LogP contribution in [-0.2, 0) is 6.42 Å². The first-order valence-electron chi connectivity index (χ1n) is 8.27. The zero-order chi connectivity index (χ0) is 16.7. The summed E-state index contributed by atoms with van der Waals surface area (Å²) in [5.41, 5.74) is 3.60. The van der Waals surface area contributed by atoms with Gasteiger partial charge in [-0.2, -0.15) is 5.26 Å². The topological polar surface area (TPSA) is 33.0 Å². The van der Waals surface area contributed by atoms with Gasteiger partial charge in [-0.15, -0.1) is 0 Å². The van der Waals surface area contributed by atoms with Crippen LogP contribution in [0, 0.1) is 11.3 Å². The molecule has 0 radical (unpaired) electrons. The van der Waals surface area contributed by atoms with Crippen molar-refractivity contribution in [1.29, 1.82) is 5.26 Å². The SMILES string of the molecule is COc1ccc(C(C)C)cc1C(C#N)CCCc1ccccc1. The monoisotopic (exact) mass is 307 g/mol. The van der Waals surface area contributed by atoms with Gasteiger partial charge in [0, 0.05) is 5.56 Å². The first-order valence-corrected chi connectivity index (χ1v) is 8.27. The highest BCUT2D eigenvalue weighted by atomic mass is 16.5. The number of nitrogens with zero attached hydrogens (tertiary/aromatic N) is 1. The van der Waals surface area contributed by atoms with Crippen molar-refractivity contribution in [1.82, 2.24) is 0 Å². The second kappa shape index (κ2) is 8.39. The number of aryl methyl sites for hydroxylation is 1. The lowest BCUT2D eigenvalue weighted by Crippen LogP contribution is -2.02. The minimum Gasteiger partial charge on any atom is -0.496 e. The third kappa shape index (κ3) is 4.60. The molecule has 120 valence electrons. The van der Waals surface area contributed by atoms with E-state index in [1.54, 1.807) is 7.11 Å². The molecule has 2 aromatic rings. The summed E-state index contributed by atoms with van der Waals surface area (Å²) in [6.45, 7) is 4.34. The molecule has 0 aromatic heterocycles. The van der Waals surface area contributed by atoms with Crippen LogP contribution in [0.15, 0.2) is 48.5 Å². The molecular weight excluding hydrogens is 282 g/mol. The Morgan fingerprint density at radius 3 is 2.43 bits per heavy atom. The molecule has 0 aliphatic carbocycles. The molecule has 0 aliphatic rings. The number of methoxy groups -OCH3 is 1. The molecule has 2 aromatic carbocycles. The fourth-order valence-electron chi connectivity index (χ4n) is 2.83. The van der Waals surface area contributed by atoms with Crippen LogP contribution in [0.2, 0.25) is 0 Å². The van der Waals surface area contributed by atoms with Crippen molar-refractivity contribution in [3.8, 4) is 11.8 Å². The summed E-state index contributed by atoms with van der Waals surface area (Å²) in [4.78, 5) is 0. The van der Waals surface area contributed by atoms with Crippen LogP contribution >= 0.6 is 0 Å². The average Bonchev–Trinajstić information content (AvgIpc) is 2.59. The van der Waals surface area contributed by atoms with Crippen LogP contribution in [0.1, 0.15) is 55.2 Å². The zero-order valence-corrected chi connectivity index (χ0v) is 14.3. The first-order chi connectivity index (χ1) is 11.2. The number of ether oxygens (including phenoxy) is 1. The van der Waals surface area contributed by atoms with Crippen molar-refractivity contribution in [2.75, 3.05) is 7.11 Å². The van der Waals surface area contributed by atoms with E-state index in [4.69, 9.17) is 4.74 Å². The molecule has 0 saturated carbocycles. The molecule has 0 saturated heterocycles. The highest BCUT2D eigenvalue weighted by Gasteiger charge is 2.17. The van der Waals surface area contributed by atoms with Gasteiger partial charge in [-0.25, -0.2) is 0 Å². The predicted octanol–water partition coefficient (Wildman–Crippen LogP) is 5.45. The maximum atomic E-state index is 9.62. The first kappa shape index (κ1) is 17.1. The van der Waals surface area contributed by atoms with Crippen molar-refractivity contribution in [3.63, 3.8) is 0 Å². The normalized spacial score (nSPS) is 12.0. The summed E-state index contributed by atoms with van der Waals surface area (Å²) in [6, 6.07) is 19.1. The fraction of sp³-hybridized carbons (Fsp3) is 0.381. The number of benzene rings is 2. The summed E-state index contributed by atoms with van der Waals surface area (Å²) in [6.07, 6.45) is 2.85. The maximum absolute atomic E-state index is 9.62. The van der Waals surface area contributed by atoms with Crippen molar-refractivity contribution < 1.29 is 4.74 Å². The van der Waals surface area contributed by atoms with Gasteiger partial charge in [-0.05, 0) is 42.4 Å².